The summed E-state index contributed by atoms with van der Waals surface area (Å²) in [5.41, 5.74) is 6.86. The Morgan fingerprint density at radius 2 is 1.95 bits per heavy atom. The lowest BCUT2D eigenvalue weighted by atomic mass is 10.1. The monoisotopic (exact) mass is 273 g/mol. The van der Waals surface area contributed by atoms with Gasteiger partial charge in [0.05, 0.1) is 13.5 Å². The largest absolute Gasteiger partial charge is 0.497 e. The SMILES string of the molecule is COc1ccc(Cc2nc(-c3nonc3N)no2)cc1. The zero-order valence-corrected chi connectivity index (χ0v) is 10.6. The topological polar surface area (TPSA) is 113 Å². The van der Waals surface area contributed by atoms with Gasteiger partial charge in [0.1, 0.15) is 5.75 Å². The van der Waals surface area contributed by atoms with E-state index in [9.17, 15) is 0 Å². The number of rotatable bonds is 4. The molecule has 3 rings (SSSR count). The molecule has 0 aliphatic heterocycles. The molecule has 0 fully saturated rings. The van der Waals surface area contributed by atoms with Gasteiger partial charge < -0.3 is 15.0 Å². The summed E-state index contributed by atoms with van der Waals surface area (Å²) in [7, 11) is 1.62. The molecule has 0 saturated carbocycles. The highest BCUT2D eigenvalue weighted by Crippen LogP contribution is 2.20. The van der Waals surface area contributed by atoms with Crippen LogP contribution in [0.5, 0.6) is 5.75 Å². The number of hydrogen-bond donors (Lipinski definition) is 1. The molecule has 3 aromatic rings. The van der Waals surface area contributed by atoms with Crippen LogP contribution in [0.4, 0.5) is 5.82 Å². The second-order valence-corrected chi connectivity index (χ2v) is 4.03. The molecule has 8 heteroatoms. The van der Waals surface area contributed by atoms with E-state index in [1.54, 1.807) is 7.11 Å². The Balaban J connectivity index is 1.78. The van der Waals surface area contributed by atoms with E-state index < -0.39 is 0 Å². The van der Waals surface area contributed by atoms with E-state index in [0.717, 1.165) is 11.3 Å². The first-order chi connectivity index (χ1) is 9.76. The maximum Gasteiger partial charge on any atom is 0.231 e. The minimum atomic E-state index is 0.127. The van der Waals surface area contributed by atoms with Gasteiger partial charge in [-0.05, 0) is 28.0 Å². The average molecular weight is 273 g/mol. The number of benzene rings is 1. The number of nitrogens with two attached hydrogens (primary N) is 1. The van der Waals surface area contributed by atoms with Crippen LogP contribution in [0.3, 0.4) is 0 Å². The Kier molecular flexibility index (Phi) is 3.04. The summed E-state index contributed by atoms with van der Waals surface area (Å²) < 4.78 is 14.7. The van der Waals surface area contributed by atoms with Gasteiger partial charge in [0.2, 0.25) is 11.7 Å². The van der Waals surface area contributed by atoms with Crippen molar-refractivity contribution in [2.45, 2.75) is 6.42 Å². The lowest BCUT2D eigenvalue weighted by molar-refractivity contribution is 0.310. The van der Waals surface area contributed by atoms with Crippen LogP contribution in [0.25, 0.3) is 11.5 Å². The number of aromatic nitrogens is 4. The fourth-order valence-corrected chi connectivity index (χ4v) is 1.69. The van der Waals surface area contributed by atoms with Crippen LogP contribution in [-0.2, 0) is 6.42 Å². The zero-order chi connectivity index (χ0) is 13.9. The first-order valence-electron chi connectivity index (χ1n) is 5.80. The van der Waals surface area contributed by atoms with Gasteiger partial charge in [-0.25, -0.2) is 4.63 Å². The van der Waals surface area contributed by atoms with Gasteiger partial charge in [-0.15, -0.1) is 0 Å². The third-order valence-electron chi connectivity index (χ3n) is 2.71. The van der Waals surface area contributed by atoms with Crippen LogP contribution < -0.4 is 10.5 Å². The van der Waals surface area contributed by atoms with Gasteiger partial charge in [-0.2, -0.15) is 4.98 Å². The van der Waals surface area contributed by atoms with Crippen molar-refractivity contribution in [1.29, 1.82) is 0 Å². The molecule has 8 nitrogen and oxygen atoms in total. The van der Waals surface area contributed by atoms with E-state index >= 15 is 0 Å². The molecule has 20 heavy (non-hydrogen) atoms. The summed E-state index contributed by atoms with van der Waals surface area (Å²) in [5.74, 6) is 1.63. The van der Waals surface area contributed by atoms with Gasteiger partial charge >= 0.3 is 0 Å². The van der Waals surface area contributed by atoms with E-state index in [1.165, 1.54) is 0 Å². The second-order valence-electron chi connectivity index (χ2n) is 4.03. The minimum Gasteiger partial charge on any atom is -0.497 e. The van der Waals surface area contributed by atoms with Crippen LogP contribution in [0.1, 0.15) is 11.5 Å². The first kappa shape index (κ1) is 12.2. The van der Waals surface area contributed by atoms with Crippen molar-refractivity contribution in [2.24, 2.45) is 0 Å². The lowest BCUT2D eigenvalue weighted by Gasteiger charge is -2.00. The Bertz CT molecular complexity index is 704. The van der Waals surface area contributed by atoms with Crippen LogP contribution in [-0.4, -0.2) is 27.6 Å². The van der Waals surface area contributed by atoms with E-state index in [0.29, 0.717) is 12.3 Å². The van der Waals surface area contributed by atoms with E-state index in [2.05, 4.69) is 25.1 Å². The van der Waals surface area contributed by atoms with Crippen LogP contribution in [0.15, 0.2) is 33.4 Å². The van der Waals surface area contributed by atoms with Crippen molar-refractivity contribution in [3.05, 3.63) is 35.7 Å². The van der Waals surface area contributed by atoms with E-state index in [-0.39, 0.29) is 17.3 Å². The number of methoxy groups -OCH3 is 1. The number of ether oxygens (including phenoxy) is 1. The molecule has 0 radical (unpaired) electrons. The normalized spacial score (nSPS) is 10.7. The van der Waals surface area contributed by atoms with Crippen molar-refractivity contribution < 1.29 is 13.9 Å². The molecule has 102 valence electrons. The molecule has 0 spiro atoms. The summed E-state index contributed by atoms with van der Waals surface area (Å²) in [6.07, 6.45) is 0.502. The van der Waals surface area contributed by atoms with Crippen molar-refractivity contribution in [1.82, 2.24) is 20.5 Å². The van der Waals surface area contributed by atoms with E-state index in [1.807, 2.05) is 24.3 Å². The standard InChI is InChI=1S/C12H11N5O3/c1-18-8-4-2-7(3-5-8)6-9-14-12(17-19-9)10-11(13)16-20-15-10/h2-5H,6H2,1H3,(H2,13,16). The van der Waals surface area contributed by atoms with Crippen molar-refractivity contribution >= 4 is 5.82 Å². The predicted molar refractivity (Wildman–Crippen MR) is 67.8 cm³/mol. The summed E-state index contributed by atoms with van der Waals surface area (Å²) in [5, 5.41) is 10.9. The second kappa shape index (κ2) is 5.00. The highest BCUT2D eigenvalue weighted by atomic mass is 16.6. The maximum atomic E-state index is 5.56. The summed E-state index contributed by atoms with van der Waals surface area (Å²) in [6.45, 7) is 0. The van der Waals surface area contributed by atoms with Gasteiger partial charge in [0, 0.05) is 0 Å². The molecule has 0 bridgehead atoms. The van der Waals surface area contributed by atoms with Gasteiger partial charge in [-0.1, -0.05) is 17.3 Å². The maximum absolute atomic E-state index is 5.56. The molecule has 0 aliphatic rings. The van der Waals surface area contributed by atoms with E-state index in [4.69, 9.17) is 15.0 Å². The minimum absolute atomic E-state index is 0.127. The quantitative estimate of drug-likeness (QED) is 0.756. The summed E-state index contributed by atoms with van der Waals surface area (Å²) in [4.78, 5) is 4.20. The van der Waals surface area contributed by atoms with Crippen LogP contribution in [0.2, 0.25) is 0 Å². The Hall–Kier alpha value is -2.90. The van der Waals surface area contributed by atoms with Gasteiger partial charge in [0.25, 0.3) is 0 Å². The number of hydrogen-bond acceptors (Lipinski definition) is 8. The van der Waals surface area contributed by atoms with Gasteiger partial charge in [-0.3, -0.25) is 0 Å². The molecule has 0 amide bonds. The number of anilines is 1. The third-order valence-corrected chi connectivity index (χ3v) is 2.71. The molecule has 0 atom stereocenters. The first-order valence-corrected chi connectivity index (χ1v) is 5.80. The molecule has 2 aromatic heterocycles. The lowest BCUT2D eigenvalue weighted by Crippen LogP contribution is -1.91. The van der Waals surface area contributed by atoms with Crippen molar-refractivity contribution in [3.8, 4) is 17.3 Å². The molecule has 0 aliphatic carbocycles. The Labute approximate surface area is 113 Å². The third kappa shape index (κ3) is 2.30. The Morgan fingerprint density at radius 3 is 2.60 bits per heavy atom. The van der Waals surface area contributed by atoms with Gasteiger partial charge in [0.15, 0.2) is 11.5 Å². The molecular weight excluding hydrogens is 262 g/mol. The molecule has 0 unspecified atom stereocenters. The fourth-order valence-electron chi connectivity index (χ4n) is 1.69. The predicted octanol–water partition coefficient (Wildman–Crippen LogP) is 1.30. The highest BCUT2D eigenvalue weighted by Gasteiger charge is 2.16. The highest BCUT2D eigenvalue weighted by molar-refractivity contribution is 5.61. The Morgan fingerprint density at radius 1 is 1.15 bits per heavy atom. The number of nitrogens with zero attached hydrogens (tertiary/aromatic N) is 4. The molecular formula is C12H11N5O3. The van der Waals surface area contributed by atoms with Crippen LogP contribution in [0, 0.1) is 0 Å². The van der Waals surface area contributed by atoms with Crippen LogP contribution >= 0.6 is 0 Å². The smallest absolute Gasteiger partial charge is 0.231 e. The molecule has 1 aromatic carbocycles. The van der Waals surface area contributed by atoms with Crippen molar-refractivity contribution in [2.75, 3.05) is 12.8 Å². The fraction of sp³-hybridized carbons (Fsp3) is 0.167. The zero-order valence-electron chi connectivity index (χ0n) is 10.6. The number of nitrogen functional groups attached to an aromatic ring is 1. The summed E-state index contributed by atoms with van der Waals surface area (Å²) in [6, 6.07) is 7.59. The molecule has 0 saturated heterocycles. The van der Waals surface area contributed by atoms with Crippen molar-refractivity contribution in [3.63, 3.8) is 0 Å². The average Bonchev–Trinajstić information content (AvgIpc) is 3.08. The molecule has 2 N–H and O–H groups in total. The molecule has 2 heterocycles. The summed E-state index contributed by atoms with van der Waals surface area (Å²) >= 11 is 0.